The highest BCUT2D eigenvalue weighted by molar-refractivity contribution is 5.94. The average Bonchev–Trinajstić information content (AvgIpc) is 3.00. The minimum absolute atomic E-state index is 0.0333. The number of aromatic nitrogens is 3. The number of carbonyl (C=O) groups is 1. The molecule has 108 valence electrons. The van der Waals surface area contributed by atoms with Crippen molar-refractivity contribution in [3.8, 4) is 11.8 Å². The fraction of sp³-hybridized carbons (Fsp3) is 0.267. The number of nitrogens with zero attached hydrogens (tertiary/aromatic N) is 3. The maximum atomic E-state index is 12.3. The van der Waals surface area contributed by atoms with Gasteiger partial charge in [-0.25, -0.2) is 4.98 Å². The Morgan fingerprint density at radius 3 is 3.05 bits per heavy atom. The minimum Gasteiger partial charge on any atom is -0.395 e. The highest BCUT2D eigenvalue weighted by Gasteiger charge is 2.13. The van der Waals surface area contributed by atoms with Gasteiger partial charge in [-0.3, -0.25) is 9.89 Å². The number of aliphatic hydroxyl groups excluding tert-OH is 1. The van der Waals surface area contributed by atoms with Crippen molar-refractivity contribution < 1.29 is 9.90 Å². The van der Waals surface area contributed by atoms with Crippen LogP contribution >= 0.6 is 0 Å². The van der Waals surface area contributed by atoms with Gasteiger partial charge < -0.3 is 10.0 Å². The molecular formula is C15H16N4O2. The lowest BCUT2D eigenvalue weighted by atomic mass is 10.1. The molecule has 0 saturated carbocycles. The zero-order chi connectivity index (χ0) is 15.1. The quantitative estimate of drug-likeness (QED) is 0.814. The Balaban J connectivity index is 2.08. The predicted octanol–water partition coefficient (Wildman–Crippen LogP) is 0.811. The number of aliphatic hydroxyl groups is 1. The predicted molar refractivity (Wildman–Crippen MR) is 77.2 cm³/mol. The number of H-pyrrole nitrogens is 1. The van der Waals surface area contributed by atoms with Gasteiger partial charge in [0.05, 0.1) is 13.2 Å². The Labute approximate surface area is 122 Å². The van der Waals surface area contributed by atoms with Gasteiger partial charge in [-0.05, 0) is 18.2 Å². The summed E-state index contributed by atoms with van der Waals surface area (Å²) in [7, 11) is 1.70. The van der Waals surface area contributed by atoms with E-state index in [0.717, 1.165) is 5.56 Å². The highest BCUT2D eigenvalue weighted by atomic mass is 16.2. The standard InChI is InChI=1S/C15H16N4O2/c1-19(10-14-16-11-17-18-14)15(21)13-7-4-6-12(9-13)5-2-3-8-20/h4,6-7,9,11,20H,3,8,10H2,1H3,(H,16,17,18). The molecule has 0 aliphatic rings. The molecule has 0 aliphatic heterocycles. The Kier molecular flexibility index (Phi) is 5.07. The van der Waals surface area contributed by atoms with Crippen LogP contribution < -0.4 is 0 Å². The second kappa shape index (κ2) is 7.22. The first-order valence-electron chi connectivity index (χ1n) is 6.50. The molecule has 6 nitrogen and oxygen atoms in total. The van der Waals surface area contributed by atoms with Gasteiger partial charge in [0, 0.05) is 24.6 Å². The average molecular weight is 284 g/mol. The number of hydrogen-bond acceptors (Lipinski definition) is 4. The van der Waals surface area contributed by atoms with Crippen molar-refractivity contribution in [3.63, 3.8) is 0 Å². The van der Waals surface area contributed by atoms with Gasteiger partial charge in [0.2, 0.25) is 0 Å². The van der Waals surface area contributed by atoms with Crippen molar-refractivity contribution in [2.24, 2.45) is 0 Å². The summed E-state index contributed by atoms with van der Waals surface area (Å²) < 4.78 is 0. The van der Waals surface area contributed by atoms with Crippen molar-refractivity contribution in [2.75, 3.05) is 13.7 Å². The summed E-state index contributed by atoms with van der Waals surface area (Å²) in [5.74, 6) is 6.27. The summed E-state index contributed by atoms with van der Waals surface area (Å²) in [4.78, 5) is 17.9. The fourth-order valence-electron chi connectivity index (χ4n) is 1.77. The van der Waals surface area contributed by atoms with E-state index in [0.29, 0.717) is 24.4 Å². The van der Waals surface area contributed by atoms with Gasteiger partial charge >= 0.3 is 0 Å². The topological polar surface area (TPSA) is 82.1 Å². The molecule has 2 N–H and O–H groups in total. The number of rotatable bonds is 4. The van der Waals surface area contributed by atoms with Crippen molar-refractivity contribution in [3.05, 3.63) is 47.5 Å². The molecule has 1 aromatic heterocycles. The number of hydrogen-bond donors (Lipinski definition) is 2. The van der Waals surface area contributed by atoms with E-state index in [1.54, 1.807) is 30.1 Å². The van der Waals surface area contributed by atoms with Gasteiger partial charge in [0.25, 0.3) is 5.91 Å². The van der Waals surface area contributed by atoms with Crippen molar-refractivity contribution >= 4 is 5.91 Å². The van der Waals surface area contributed by atoms with Gasteiger partial charge in [-0.1, -0.05) is 17.9 Å². The van der Waals surface area contributed by atoms with Crippen LogP contribution in [0.15, 0.2) is 30.6 Å². The highest BCUT2D eigenvalue weighted by Crippen LogP contribution is 2.08. The normalized spacial score (nSPS) is 9.81. The Morgan fingerprint density at radius 1 is 1.48 bits per heavy atom. The molecule has 0 bridgehead atoms. The van der Waals surface area contributed by atoms with Gasteiger partial charge in [0.1, 0.15) is 12.2 Å². The number of benzene rings is 1. The lowest BCUT2D eigenvalue weighted by Crippen LogP contribution is -2.26. The second-order valence-corrected chi connectivity index (χ2v) is 4.45. The van der Waals surface area contributed by atoms with E-state index >= 15 is 0 Å². The van der Waals surface area contributed by atoms with Crippen LogP contribution in [0.25, 0.3) is 0 Å². The number of nitrogens with one attached hydrogen (secondary N) is 1. The van der Waals surface area contributed by atoms with Gasteiger partial charge in [-0.15, -0.1) is 0 Å². The third-order valence-electron chi connectivity index (χ3n) is 2.78. The molecule has 0 fully saturated rings. The van der Waals surface area contributed by atoms with Crippen LogP contribution in [0.3, 0.4) is 0 Å². The first-order chi connectivity index (χ1) is 10.2. The van der Waals surface area contributed by atoms with E-state index in [-0.39, 0.29) is 12.5 Å². The van der Waals surface area contributed by atoms with E-state index in [9.17, 15) is 4.79 Å². The van der Waals surface area contributed by atoms with E-state index in [4.69, 9.17) is 5.11 Å². The zero-order valence-corrected chi connectivity index (χ0v) is 11.7. The van der Waals surface area contributed by atoms with Crippen LogP contribution in [0.5, 0.6) is 0 Å². The van der Waals surface area contributed by atoms with Gasteiger partial charge in [-0.2, -0.15) is 5.10 Å². The zero-order valence-electron chi connectivity index (χ0n) is 11.7. The smallest absolute Gasteiger partial charge is 0.254 e. The molecule has 2 rings (SSSR count). The van der Waals surface area contributed by atoms with Crippen LogP contribution in [0.1, 0.15) is 28.2 Å². The van der Waals surface area contributed by atoms with Crippen LogP contribution in [0.4, 0.5) is 0 Å². The van der Waals surface area contributed by atoms with Crippen LogP contribution in [-0.2, 0) is 6.54 Å². The molecule has 0 radical (unpaired) electrons. The molecule has 1 amide bonds. The summed E-state index contributed by atoms with van der Waals surface area (Å²) >= 11 is 0. The molecule has 0 unspecified atom stereocenters. The van der Waals surface area contributed by atoms with E-state index in [2.05, 4.69) is 27.0 Å². The maximum Gasteiger partial charge on any atom is 0.254 e. The van der Waals surface area contributed by atoms with Crippen molar-refractivity contribution in [2.45, 2.75) is 13.0 Å². The van der Waals surface area contributed by atoms with Crippen molar-refractivity contribution in [1.29, 1.82) is 0 Å². The number of aromatic amines is 1. The Bertz CT molecular complexity index is 656. The summed E-state index contributed by atoms with van der Waals surface area (Å²) in [6, 6.07) is 7.11. The summed E-state index contributed by atoms with van der Waals surface area (Å²) in [6.07, 6.45) is 1.83. The maximum absolute atomic E-state index is 12.3. The third kappa shape index (κ3) is 4.16. The molecule has 1 heterocycles. The van der Waals surface area contributed by atoms with Crippen LogP contribution in [0, 0.1) is 11.8 Å². The molecule has 6 heteroatoms. The molecule has 1 aromatic carbocycles. The molecular weight excluding hydrogens is 268 g/mol. The molecule has 0 saturated heterocycles. The van der Waals surface area contributed by atoms with E-state index < -0.39 is 0 Å². The Morgan fingerprint density at radius 2 is 2.33 bits per heavy atom. The first kappa shape index (κ1) is 14.8. The molecule has 0 aliphatic carbocycles. The largest absolute Gasteiger partial charge is 0.395 e. The molecule has 0 atom stereocenters. The monoisotopic (exact) mass is 284 g/mol. The second-order valence-electron chi connectivity index (χ2n) is 4.45. The van der Waals surface area contributed by atoms with Crippen LogP contribution in [0.2, 0.25) is 0 Å². The SMILES string of the molecule is CN(Cc1ncn[nH]1)C(=O)c1cccc(C#CCCO)c1. The van der Waals surface area contributed by atoms with Crippen LogP contribution in [-0.4, -0.2) is 44.7 Å². The van der Waals surface area contributed by atoms with E-state index in [1.165, 1.54) is 6.33 Å². The lowest BCUT2D eigenvalue weighted by Gasteiger charge is -2.15. The summed E-state index contributed by atoms with van der Waals surface area (Å²) in [5.41, 5.74) is 1.31. The molecule has 21 heavy (non-hydrogen) atoms. The number of carbonyl (C=O) groups excluding carboxylic acids is 1. The van der Waals surface area contributed by atoms with Gasteiger partial charge in [0.15, 0.2) is 0 Å². The molecule has 2 aromatic rings. The number of amides is 1. The summed E-state index contributed by atoms with van der Waals surface area (Å²) in [6.45, 7) is 0.394. The third-order valence-corrected chi connectivity index (χ3v) is 2.78. The molecule has 0 spiro atoms. The van der Waals surface area contributed by atoms with E-state index in [1.807, 2.05) is 6.07 Å². The summed E-state index contributed by atoms with van der Waals surface area (Å²) in [5, 5.41) is 15.2. The van der Waals surface area contributed by atoms with Crippen molar-refractivity contribution in [1.82, 2.24) is 20.1 Å². The lowest BCUT2D eigenvalue weighted by molar-refractivity contribution is 0.0781. The minimum atomic E-state index is -0.114. The fourth-order valence-corrected chi connectivity index (χ4v) is 1.77. The first-order valence-corrected chi connectivity index (χ1v) is 6.50. The Hall–Kier alpha value is -2.65.